The quantitative estimate of drug-likeness (QED) is 0.724. The molecule has 1 aromatic carbocycles. The molecule has 6 heteroatoms. The lowest BCUT2D eigenvalue weighted by Crippen LogP contribution is -2.23. The highest BCUT2D eigenvalue weighted by molar-refractivity contribution is 5.87. The molecule has 0 aliphatic rings. The Morgan fingerprint density at radius 1 is 1.09 bits per heavy atom. The molecule has 0 unspecified atom stereocenters. The number of benzene rings is 1. The summed E-state index contributed by atoms with van der Waals surface area (Å²) in [4.78, 5) is 11.0. The molecular weight excluding hydrogens is 278 g/mol. The van der Waals surface area contributed by atoms with Crippen molar-refractivity contribution in [3.05, 3.63) is 36.8 Å². The molecule has 2 aromatic heterocycles. The van der Waals surface area contributed by atoms with E-state index in [4.69, 9.17) is 4.74 Å². The first kappa shape index (κ1) is 14.3. The van der Waals surface area contributed by atoms with Crippen molar-refractivity contribution >= 4 is 16.9 Å². The van der Waals surface area contributed by atoms with Crippen LogP contribution >= 0.6 is 0 Å². The summed E-state index contributed by atoms with van der Waals surface area (Å²) in [6, 6.07) is 7.75. The summed E-state index contributed by atoms with van der Waals surface area (Å²) in [5, 5.41) is 5.44. The van der Waals surface area contributed by atoms with Crippen LogP contribution in [0.5, 0.6) is 5.75 Å². The van der Waals surface area contributed by atoms with E-state index in [1.807, 2.05) is 35.1 Å². The number of rotatable bonds is 5. The molecule has 22 heavy (non-hydrogen) atoms. The Bertz CT molecular complexity index is 762. The van der Waals surface area contributed by atoms with Gasteiger partial charge in [0.1, 0.15) is 17.9 Å². The fraction of sp³-hybridized carbons (Fsp3) is 0.312. The van der Waals surface area contributed by atoms with Crippen LogP contribution in [0.1, 0.15) is 13.8 Å². The van der Waals surface area contributed by atoms with Crippen LogP contribution in [0, 0.1) is 0 Å². The molecule has 0 aliphatic heterocycles. The normalized spacial score (nSPS) is 10.9. The summed E-state index contributed by atoms with van der Waals surface area (Å²) in [6.45, 7) is 6.03. The van der Waals surface area contributed by atoms with Gasteiger partial charge >= 0.3 is 0 Å². The zero-order chi connectivity index (χ0) is 15.5. The minimum absolute atomic E-state index is 0.807. The van der Waals surface area contributed by atoms with Gasteiger partial charge in [0, 0.05) is 13.1 Å². The van der Waals surface area contributed by atoms with E-state index in [0.717, 1.165) is 41.4 Å². The summed E-state index contributed by atoms with van der Waals surface area (Å²) in [7, 11) is 1.65. The Kier molecular flexibility index (Phi) is 3.91. The molecule has 0 bridgehead atoms. The van der Waals surface area contributed by atoms with Crippen LogP contribution in [0.15, 0.2) is 36.8 Å². The molecule has 0 radical (unpaired) electrons. The second kappa shape index (κ2) is 6.01. The molecule has 0 saturated carbocycles. The van der Waals surface area contributed by atoms with Gasteiger partial charge in [-0.2, -0.15) is 5.10 Å². The number of fused-ring (bicyclic) bond motifs is 1. The molecule has 0 fully saturated rings. The van der Waals surface area contributed by atoms with E-state index in [1.54, 1.807) is 13.4 Å². The zero-order valence-corrected chi connectivity index (χ0v) is 13.0. The highest BCUT2D eigenvalue weighted by Crippen LogP contribution is 2.25. The van der Waals surface area contributed by atoms with Gasteiger partial charge in [0.2, 0.25) is 0 Å². The molecule has 0 spiro atoms. The molecule has 3 rings (SSSR count). The fourth-order valence-electron chi connectivity index (χ4n) is 2.52. The molecule has 3 aromatic rings. The van der Waals surface area contributed by atoms with Crippen molar-refractivity contribution in [2.75, 3.05) is 25.1 Å². The fourth-order valence-corrected chi connectivity index (χ4v) is 2.52. The molecule has 6 nitrogen and oxygen atoms in total. The van der Waals surface area contributed by atoms with Gasteiger partial charge in [-0.25, -0.2) is 14.6 Å². The highest BCUT2D eigenvalue weighted by atomic mass is 16.5. The first-order chi connectivity index (χ1) is 10.8. The maximum Gasteiger partial charge on any atom is 0.168 e. The molecule has 0 saturated heterocycles. The average Bonchev–Trinajstić information content (AvgIpc) is 3.01. The monoisotopic (exact) mass is 297 g/mol. The Hall–Kier alpha value is -2.63. The minimum atomic E-state index is 0.807. The molecule has 0 atom stereocenters. The standard InChI is InChI=1S/C16H19N5O/c1-4-20(5-2)15-14-10-19-21(16(14)18-11-17-15)12-6-8-13(22-3)9-7-12/h6-11H,4-5H2,1-3H3. The van der Waals surface area contributed by atoms with Crippen LogP contribution in [-0.4, -0.2) is 39.9 Å². The van der Waals surface area contributed by atoms with Gasteiger partial charge in [-0.1, -0.05) is 0 Å². The number of nitrogens with zero attached hydrogens (tertiary/aromatic N) is 5. The second-order valence-electron chi connectivity index (χ2n) is 4.86. The third-order valence-electron chi connectivity index (χ3n) is 3.72. The lowest BCUT2D eigenvalue weighted by Gasteiger charge is -2.19. The topological polar surface area (TPSA) is 56.1 Å². The van der Waals surface area contributed by atoms with Gasteiger partial charge in [0.25, 0.3) is 0 Å². The zero-order valence-electron chi connectivity index (χ0n) is 13.0. The maximum absolute atomic E-state index is 5.19. The van der Waals surface area contributed by atoms with Crippen LogP contribution in [-0.2, 0) is 0 Å². The summed E-state index contributed by atoms with van der Waals surface area (Å²) in [5.74, 6) is 1.74. The van der Waals surface area contributed by atoms with Gasteiger partial charge in [0.05, 0.1) is 24.4 Å². The molecule has 0 N–H and O–H groups in total. The maximum atomic E-state index is 5.19. The van der Waals surface area contributed by atoms with Gasteiger partial charge in [-0.15, -0.1) is 0 Å². The van der Waals surface area contributed by atoms with E-state index in [2.05, 4.69) is 33.8 Å². The molecule has 0 aliphatic carbocycles. The first-order valence-corrected chi connectivity index (χ1v) is 7.36. The molecule has 0 amide bonds. The second-order valence-corrected chi connectivity index (χ2v) is 4.86. The summed E-state index contributed by atoms with van der Waals surface area (Å²) >= 11 is 0. The van der Waals surface area contributed by atoms with Gasteiger partial charge < -0.3 is 9.64 Å². The van der Waals surface area contributed by atoms with E-state index in [-0.39, 0.29) is 0 Å². The SMILES string of the molecule is CCN(CC)c1ncnc2c1cnn2-c1ccc(OC)cc1. The van der Waals surface area contributed by atoms with Gasteiger partial charge in [-0.3, -0.25) is 0 Å². The molecule has 114 valence electrons. The Balaban J connectivity index is 2.10. The van der Waals surface area contributed by atoms with E-state index in [0.29, 0.717) is 0 Å². The molecule has 2 heterocycles. The average molecular weight is 297 g/mol. The van der Waals surface area contributed by atoms with Crippen molar-refractivity contribution < 1.29 is 4.74 Å². The largest absolute Gasteiger partial charge is 0.497 e. The number of aromatic nitrogens is 4. The smallest absolute Gasteiger partial charge is 0.168 e. The lowest BCUT2D eigenvalue weighted by molar-refractivity contribution is 0.414. The number of ether oxygens (including phenoxy) is 1. The lowest BCUT2D eigenvalue weighted by atomic mass is 10.3. The van der Waals surface area contributed by atoms with Crippen LogP contribution < -0.4 is 9.64 Å². The van der Waals surface area contributed by atoms with Crippen molar-refractivity contribution in [3.8, 4) is 11.4 Å². The van der Waals surface area contributed by atoms with Crippen LogP contribution in [0.3, 0.4) is 0 Å². The van der Waals surface area contributed by atoms with Crippen LogP contribution in [0.2, 0.25) is 0 Å². The summed E-state index contributed by atoms with van der Waals surface area (Å²) < 4.78 is 7.01. The van der Waals surface area contributed by atoms with E-state index in [9.17, 15) is 0 Å². The Morgan fingerprint density at radius 2 is 1.82 bits per heavy atom. The number of hydrogen-bond donors (Lipinski definition) is 0. The Morgan fingerprint density at radius 3 is 2.45 bits per heavy atom. The first-order valence-electron chi connectivity index (χ1n) is 7.36. The van der Waals surface area contributed by atoms with Crippen molar-refractivity contribution in [2.24, 2.45) is 0 Å². The number of hydrogen-bond acceptors (Lipinski definition) is 5. The summed E-state index contributed by atoms with van der Waals surface area (Å²) in [5.41, 5.74) is 1.75. The molecular formula is C16H19N5O. The van der Waals surface area contributed by atoms with Gasteiger partial charge in [0.15, 0.2) is 5.65 Å². The third kappa shape index (κ3) is 2.36. The predicted molar refractivity (Wildman–Crippen MR) is 86.8 cm³/mol. The van der Waals surface area contributed by atoms with Crippen molar-refractivity contribution in [1.29, 1.82) is 0 Å². The van der Waals surface area contributed by atoms with E-state index < -0.39 is 0 Å². The number of methoxy groups -OCH3 is 1. The predicted octanol–water partition coefficient (Wildman–Crippen LogP) is 2.67. The van der Waals surface area contributed by atoms with Crippen molar-refractivity contribution in [1.82, 2.24) is 19.7 Å². The minimum Gasteiger partial charge on any atom is -0.497 e. The van der Waals surface area contributed by atoms with Crippen molar-refractivity contribution in [2.45, 2.75) is 13.8 Å². The van der Waals surface area contributed by atoms with E-state index >= 15 is 0 Å². The Labute approximate surface area is 129 Å². The van der Waals surface area contributed by atoms with Crippen LogP contribution in [0.4, 0.5) is 5.82 Å². The third-order valence-corrected chi connectivity index (χ3v) is 3.72. The summed E-state index contributed by atoms with van der Waals surface area (Å²) in [6.07, 6.45) is 3.42. The highest BCUT2D eigenvalue weighted by Gasteiger charge is 2.14. The number of anilines is 1. The van der Waals surface area contributed by atoms with Crippen molar-refractivity contribution in [3.63, 3.8) is 0 Å². The van der Waals surface area contributed by atoms with E-state index in [1.165, 1.54) is 0 Å². The van der Waals surface area contributed by atoms with Crippen LogP contribution in [0.25, 0.3) is 16.7 Å². The van der Waals surface area contributed by atoms with Gasteiger partial charge in [-0.05, 0) is 38.1 Å².